The van der Waals surface area contributed by atoms with E-state index < -0.39 is 16.1 Å². The maximum Gasteiger partial charge on any atom is 0.0679 e. The highest BCUT2D eigenvalue weighted by atomic mass is 32.2. The lowest BCUT2D eigenvalue weighted by Crippen LogP contribution is -2.42. The average molecular weight is 237 g/mol. The van der Waals surface area contributed by atoms with Crippen LogP contribution < -0.4 is 0 Å². The zero-order valence-electron chi connectivity index (χ0n) is 8.64. The van der Waals surface area contributed by atoms with Crippen LogP contribution in [-0.2, 0) is 0 Å². The maximum atomic E-state index is 2.53. The first-order valence-corrected chi connectivity index (χ1v) is 13.7. The van der Waals surface area contributed by atoms with Crippen LogP contribution in [0.15, 0.2) is 0 Å². The zero-order chi connectivity index (χ0) is 9.24. The third-order valence-corrected chi connectivity index (χ3v) is 17.7. The highest BCUT2D eigenvalue weighted by molar-refractivity contribution is 8.06. The lowest BCUT2D eigenvalue weighted by Gasteiger charge is -2.30. The molecule has 0 nitrogen and oxygen atoms in total. The first-order valence-electron chi connectivity index (χ1n) is 4.57. The van der Waals surface area contributed by atoms with Crippen LogP contribution in [0.4, 0.5) is 0 Å². The molecule has 0 radical (unpaired) electrons. The van der Waals surface area contributed by atoms with E-state index in [9.17, 15) is 0 Å². The zero-order valence-corrected chi connectivity index (χ0v) is 12.3. The minimum absolute atomic E-state index is 0.787. The highest BCUT2D eigenvalue weighted by Gasteiger charge is 2.29. The van der Waals surface area contributed by atoms with E-state index in [4.69, 9.17) is 0 Å². The molecule has 0 aromatic carbocycles. The van der Waals surface area contributed by atoms with Crippen molar-refractivity contribution >= 4 is 39.7 Å². The number of rotatable bonds is 0. The van der Waals surface area contributed by atoms with Gasteiger partial charge in [-0.15, -0.1) is 0 Å². The Labute approximate surface area is 87.3 Å². The van der Waals surface area contributed by atoms with Crippen LogP contribution in [0.3, 0.4) is 0 Å². The fraction of sp³-hybridized carbons (Fsp3) is 1.00. The van der Waals surface area contributed by atoms with Crippen molar-refractivity contribution in [3.63, 3.8) is 0 Å². The number of hydrogen-bond donors (Lipinski definition) is 0. The molecule has 1 saturated heterocycles. The van der Waals surface area contributed by atoms with Gasteiger partial charge >= 0.3 is 0 Å². The molecule has 1 heterocycles. The van der Waals surface area contributed by atoms with Crippen molar-refractivity contribution in [2.24, 2.45) is 0 Å². The van der Waals surface area contributed by atoms with Crippen LogP contribution in [0.2, 0.25) is 26.2 Å². The lowest BCUT2D eigenvalue weighted by atomic mass is 11.7. The third kappa shape index (κ3) is 3.89. The van der Waals surface area contributed by atoms with E-state index in [0.29, 0.717) is 0 Å². The van der Waals surface area contributed by atoms with Crippen molar-refractivity contribution in [2.75, 3.05) is 21.5 Å². The molecule has 0 saturated carbocycles. The summed E-state index contributed by atoms with van der Waals surface area (Å²) in [4.78, 5) is 0. The SMILES string of the molecule is C[Si]1(C)CSC[Si](C)(C)CSC1. The van der Waals surface area contributed by atoms with E-state index in [1.165, 1.54) is 21.5 Å². The van der Waals surface area contributed by atoms with Crippen LogP contribution >= 0.6 is 23.5 Å². The molecule has 0 spiro atoms. The monoisotopic (exact) mass is 236 g/mol. The molecule has 12 heavy (non-hydrogen) atoms. The van der Waals surface area contributed by atoms with Gasteiger partial charge in [0, 0.05) is 0 Å². The Kier molecular flexibility index (Phi) is 3.84. The molecule has 0 atom stereocenters. The van der Waals surface area contributed by atoms with Gasteiger partial charge in [0.15, 0.2) is 0 Å². The van der Waals surface area contributed by atoms with Crippen LogP contribution in [-0.4, -0.2) is 37.7 Å². The Bertz CT molecular complexity index is 127. The van der Waals surface area contributed by atoms with Crippen molar-refractivity contribution in [1.29, 1.82) is 0 Å². The molecule has 0 N–H and O–H groups in total. The highest BCUT2D eigenvalue weighted by Crippen LogP contribution is 2.26. The smallest absolute Gasteiger partial charge is 0.0679 e. The van der Waals surface area contributed by atoms with Crippen molar-refractivity contribution in [3.05, 3.63) is 0 Å². The summed E-state index contributed by atoms with van der Waals surface area (Å²) in [7, 11) is -1.57. The predicted molar refractivity (Wildman–Crippen MR) is 69.6 cm³/mol. The van der Waals surface area contributed by atoms with Crippen molar-refractivity contribution in [2.45, 2.75) is 26.2 Å². The summed E-state index contributed by atoms with van der Waals surface area (Å²) in [6.07, 6.45) is 0. The first-order chi connectivity index (χ1) is 5.41. The van der Waals surface area contributed by atoms with E-state index in [-0.39, 0.29) is 0 Å². The van der Waals surface area contributed by atoms with Crippen LogP contribution in [0, 0.1) is 0 Å². The quantitative estimate of drug-likeness (QED) is 0.593. The van der Waals surface area contributed by atoms with Crippen LogP contribution in [0.1, 0.15) is 0 Å². The van der Waals surface area contributed by atoms with Gasteiger partial charge < -0.3 is 0 Å². The number of thioether (sulfide) groups is 2. The molecule has 1 fully saturated rings. The average Bonchev–Trinajstić information content (AvgIpc) is 1.82. The first kappa shape index (κ1) is 11.2. The Morgan fingerprint density at radius 3 is 1.17 bits per heavy atom. The van der Waals surface area contributed by atoms with E-state index in [0.717, 1.165) is 0 Å². The van der Waals surface area contributed by atoms with Crippen molar-refractivity contribution in [1.82, 2.24) is 0 Å². The summed E-state index contributed by atoms with van der Waals surface area (Å²) in [5.41, 5.74) is 0. The van der Waals surface area contributed by atoms with Gasteiger partial charge in [-0.25, -0.2) is 0 Å². The minimum atomic E-state index is -0.787. The second-order valence-electron chi connectivity index (χ2n) is 5.31. The largest absolute Gasteiger partial charge is 0.168 e. The summed E-state index contributed by atoms with van der Waals surface area (Å²) in [5.74, 6) is 0. The van der Waals surface area contributed by atoms with Crippen molar-refractivity contribution < 1.29 is 0 Å². The molecule has 72 valence electrons. The summed E-state index contributed by atoms with van der Waals surface area (Å²) in [6, 6.07) is 0. The van der Waals surface area contributed by atoms with Gasteiger partial charge in [-0.3, -0.25) is 0 Å². The van der Waals surface area contributed by atoms with Crippen LogP contribution in [0.25, 0.3) is 0 Å². The molecule has 1 rings (SSSR count). The van der Waals surface area contributed by atoms with E-state index in [1.54, 1.807) is 0 Å². The fourth-order valence-electron chi connectivity index (χ4n) is 1.29. The van der Waals surface area contributed by atoms with Gasteiger partial charge in [-0.1, -0.05) is 26.2 Å². The molecular weight excluding hydrogens is 216 g/mol. The predicted octanol–water partition coefficient (Wildman–Crippen LogP) is 3.04. The third-order valence-electron chi connectivity index (χ3n) is 1.97. The normalized spacial score (nSPS) is 29.0. The second-order valence-corrected chi connectivity index (χ2v) is 19.4. The van der Waals surface area contributed by atoms with Gasteiger partial charge in [0.25, 0.3) is 0 Å². The van der Waals surface area contributed by atoms with Gasteiger partial charge in [0.1, 0.15) is 0 Å². The Balaban J connectivity index is 2.45. The fourth-order valence-corrected chi connectivity index (χ4v) is 15.0. The Morgan fingerprint density at radius 1 is 0.667 bits per heavy atom. The summed E-state index contributed by atoms with van der Waals surface area (Å²) < 4.78 is 0. The molecule has 0 aliphatic carbocycles. The van der Waals surface area contributed by atoms with Gasteiger partial charge in [0.2, 0.25) is 0 Å². The Morgan fingerprint density at radius 2 is 0.917 bits per heavy atom. The van der Waals surface area contributed by atoms with E-state index >= 15 is 0 Å². The summed E-state index contributed by atoms with van der Waals surface area (Å²) in [6.45, 7) is 10.1. The summed E-state index contributed by atoms with van der Waals surface area (Å²) >= 11 is 4.51. The summed E-state index contributed by atoms with van der Waals surface area (Å²) in [5, 5.41) is 5.99. The standard InChI is InChI=1S/C8H20S2Si2/c1-11(2)5-9-7-12(3,4)8-10-6-11/h5-8H2,1-4H3. The van der Waals surface area contributed by atoms with Crippen molar-refractivity contribution in [3.8, 4) is 0 Å². The maximum absolute atomic E-state index is 2.53. The van der Waals surface area contributed by atoms with Gasteiger partial charge in [0.05, 0.1) is 16.1 Å². The molecule has 1 aliphatic rings. The lowest BCUT2D eigenvalue weighted by molar-refractivity contribution is 1.58. The van der Waals surface area contributed by atoms with E-state index in [2.05, 4.69) is 49.7 Å². The molecule has 0 amide bonds. The molecular formula is C8H20S2Si2. The Hall–Kier alpha value is 1.13. The minimum Gasteiger partial charge on any atom is -0.168 e. The molecule has 1 aliphatic heterocycles. The molecule has 0 aromatic heterocycles. The molecule has 0 bridgehead atoms. The van der Waals surface area contributed by atoms with Crippen LogP contribution in [0.5, 0.6) is 0 Å². The molecule has 0 unspecified atom stereocenters. The molecule has 0 aromatic rings. The number of hydrogen-bond acceptors (Lipinski definition) is 2. The second kappa shape index (κ2) is 4.11. The van der Waals surface area contributed by atoms with Gasteiger partial charge in [-0.2, -0.15) is 23.5 Å². The van der Waals surface area contributed by atoms with E-state index in [1.807, 2.05) is 0 Å². The molecule has 4 heteroatoms. The van der Waals surface area contributed by atoms with Gasteiger partial charge in [-0.05, 0) is 21.5 Å². The topological polar surface area (TPSA) is 0 Å².